The second kappa shape index (κ2) is 9.99. The van der Waals surface area contributed by atoms with Crippen molar-refractivity contribution in [3.05, 3.63) is 89.6 Å². The maximum absolute atomic E-state index is 14.0. The van der Waals surface area contributed by atoms with Gasteiger partial charge in [-0.3, -0.25) is 14.2 Å². The molecule has 1 N–H and O–H groups in total. The number of rotatable bonds is 6. The van der Waals surface area contributed by atoms with Crippen molar-refractivity contribution in [1.82, 2.24) is 4.57 Å². The zero-order valence-corrected chi connectivity index (χ0v) is 22.0. The van der Waals surface area contributed by atoms with Gasteiger partial charge in [-0.25, -0.2) is 9.79 Å². The zero-order valence-electron chi connectivity index (χ0n) is 20.5. The number of ether oxygens (including phenoxy) is 2. The number of carbonyl (C=O) groups excluding carboxylic acids is 2. The number of hydrogen-bond donors (Lipinski definition) is 1. The average molecular weight is 538 g/mol. The number of allylic oxidation sites excluding steroid dienone is 1. The molecule has 2 aromatic carbocycles. The van der Waals surface area contributed by atoms with Crippen molar-refractivity contribution >= 4 is 46.1 Å². The molecule has 0 saturated heterocycles. The van der Waals surface area contributed by atoms with Crippen LogP contribution in [0.15, 0.2) is 63.5 Å². The summed E-state index contributed by atoms with van der Waals surface area (Å²) in [5.74, 6) is -0.339. The Morgan fingerprint density at radius 1 is 1.19 bits per heavy atom. The van der Waals surface area contributed by atoms with Crippen LogP contribution in [0.25, 0.3) is 5.57 Å². The van der Waals surface area contributed by atoms with Gasteiger partial charge in [-0.05, 0) is 49.2 Å². The third-order valence-electron chi connectivity index (χ3n) is 6.23. The molecule has 3 aromatic rings. The minimum atomic E-state index is -0.801. The molecule has 0 spiro atoms. The molecule has 190 valence electrons. The predicted octanol–water partition coefficient (Wildman–Crippen LogP) is 3.56. The van der Waals surface area contributed by atoms with Gasteiger partial charge >= 0.3 is 5.97 Å². The zero-order chi connectivity index (χ0) is 26.3. The lowest BCUT2D eigenvalue weighted by molar-refractivity contribution is -0.139. The first kappa shape index (κ1) is 25.0. The summed E-state index contributed by atoms with van der Waals surface area (Å²) < 4.78 is 12.5. The highest BCUT2D eigenvalue weighted by Gasteiger charge is 2.36. The van der Waals surface area contributed by atoms with Gasteiger partial charge in [0.25, 0.3) is 11.5 Å². The Bertz CT molecular complexity index is 1650. The number of methoxy groups -OCH3 is 1. The maximum atomic E-state index is 14.0. The van der Waals surface area contributed by atoms with Crippen molar-refractivity contribution in [3.8, 4) is 5.75 Å². The number of esters is 1. The lowest BCUT2D eigenvalue weighted by Crippen LogP contribution is -2.40. The summed E-state index contributed by atoms with van der Waals surface area (Å²) in [6.45, 7) is 3.91. The Labute approximate surface area is 221 Å². The predicted molar refractivity (Wildman–Crippen MR) is 142 cm³/mol. The average Bonchev–Trinajstić information content (AvgIpc) is 3.38. The van der Waals surface area contributed by atoms with E-state index < -0.39 is 17.6 Å². The minimum Gasteiger partial charge on any atom is -0.497 e. The molecule has 0 unspecified atom stereocenters. The normalized spacial score (nSPS) is 17.6. The molecule has 0 fully saturated rings. The summed E-state index contributed by atoms with van der Waals surface area (Å²) in [4.78, 5) is 45.5. The van der Waals surface area contributed by atoms with E-state index in [9.17, 15) is 14.4 Å². The van der Waals surface area contributed by atoms with Crippen LogP contribution in [-0.4, -0.2) is 30.2 Å². The Morgan fingerprint density at radius 3 is 2.73 bits per heavy atom. The lowest BCUT2D eigenvalue weighted by Gasteiger charge is -2.26. The number of carbonyl (C=O) groups is 2. The fourth-order valence-corrected chi connectivity index (χ4v) is 5.95. The van der Waals surface area contributed by atoms with E-state index in [-0.39, 0.29) is 22.6 Å². The topological polar surface area (TPSA) is 99.0 Å². The molecule has 2 aliphatic heterocycles. The van der Waals surface area contributed by atoms with E-state index in [4.69, 9.17) is 26.1 Å². The van der Waals surface area contributed by atoms with Gasteiger partial charge in [-0.2, -0.15) is 0 Å². The number of thiazole rings is 1. The molecule has 8 nitrogen and oxygen atoms in total. The van der Waals surface area contributed by atoms with Gasteiger partial charge in [0.1, 0.15) is 10.3 Å². The summed E-state index contributed by atoms with van der Waals surface area (Å²) in [7, 11) is 1.55. The van der Waals surface area contributed by atoms with Crippen LogP contribution >= 0.6 is 22.9 Å². The van der Waals surface area contributed by atoms with Crippen LogP contribution in [0.3, 0.4) is 0 Å². The number of aromatic nitrogens is 1. The summed E-state index contributed by atoms with van der Waals surface area (Å²) in [6.07, 6.45) is 1.26. The fraction of sp³-hybridized carbons (Fsp3) is 0.259. The number of nitrogens with one attached hydrogen (secondary N) is 1. The summed E-state index contributed by atoms with van der Waals surface area (Å²) in [5, 5.41) is 3.25. The van der Waals surface area contributed by atoms with Crippen molar-refractivity contribution in [3.63, 3.8) is 0 Å². The Morgan fingerprint density at radius 2 is 2.00 bits per heavy atom. The number of nitrogens with zero attached hydrogens (tertiary/aromatic N) is 2. The molecule has 0 bridgehead atoms. The first-order chi connectivity index (χ1) is 17.9. The van der Waals surface area contributed by atoms with Gasteiger partial charge in [0, 0.05) is 16.3 Å². The van der Waals surface area contributed by atoms with Crippen LogP contribution in [0.2, 0.25) is 5.02 Å². The van der Waals surface area contributed by atoms with E-state index in [1.807, 2.05) is 13.0 Å². The molecule has 3 heterocycles. The largest absolute Gasteiger partial charge is 0.497 e. The van der Waals surface area contributed by atoms with Crippen molar-refractivity contribution in [1.29, 1.82) is 0 Å². The van der Waals surface area contributed by atoms with Crippen LogP contribution in [-0.2, 0) is 14.3 Å². The molecule has 1 aromatic heterocycles. The Hall–Kier alpha value is -3.69. The smallest absolute Gasteiger partial charge is 0.338 e. The standard InChI is InChI=1S/C27H24ClN3O5S/c1-4-7-19-21(26(34)36-5-2)22(14-8-6-9-16(12-14)35-3)31-25(33)23(37-27(31)30-19)20-17-13-15(28)10-11-18(17)29-24(20)32/h6,8-13,22H,4-5,7H2,1-3H3,(H,29,32)/b23-20-/t22-/m1/s1. The van der Waals surface area contributed by atoms with Gasteiger partial charge in [0.05, 0.1) is 36.6 Å². The van der Waals surface area contributed by atoms with E-state index in [1.54, 1.807) is 50.4 Å². The Balaban J connectivity index is 1.85. The molecular weight excluding hydrogens is 514 g/mol. The van der Waals surface area contributed by atoms with Crippen LogP contribution in [0.4, 0.5) is 5.69 Å². The lowest BCUT2D eigenvalue weighted by atomic mass is 9.94. The molecule has 37 heavy (non-hydrogen) atoms. The minimum absolute atomic E-state index is 0.179. The first-order valence-electron chi connectivity index (χ1n) is 11.9. The number of benzene rings is 2. The molecular formula is C27H24ClN3O5S. The number of hydrogen-bond acceptors (Lipinski definition) is 7. The van der Waals surface area contributed by atoms with Crippen molar-refractivity contribution in [2.45, 2.75) is 32.7 Å². The molecule has 0 saturated carbocycles. The molecule has 10 heteroatoms. The van der Waals surface area contributed by atoms with Crippen LogP contribution in [0.1, 0.15) is 43.9 Å². The van der Waals surface area contributed by atoms with Crippen LogP contribution < -0.4 is 24.9 Å². The van der Waals surface area contributed by atoms with E-state index >= 15 is 0 Å². The number of anilines is 1. The summed E-state index contributed by atoms with van der Waals surface area (Å²) >= 11 is 7.34. The monoisotopic (exact) mass is 537 g/mol. The van der Waals surface area contributed by atoms with Gasteiger partial charge in [-0.15, -0.1) is 0 Å². The molecule has 1 atom stereocenters. The third-order valence-corrected chi connectivity index (χ3v) is 7.52. The van der Waals surface area contributed by atoms with Gasteiger partial charge in [0.15, 0.2) is 4.80 Å². The molecule has 2 aliphatic rings. The van der Waals surface area contributed by atoms with Crippen molar-refractivity contribution in [2.75, 3.05) is 19.0 Å². The van der Waals surface area contributed by atoms with Crippen molar-refractivity contribution < 1.29 is 19.1 Å². The highest BCUT2D eigenvalue weighted by molar-refractivity contribution is 7.07. The van der Waals surface area contributed by atoms with Gasteiger partial charge in [0.2, 0.25) is 0 Å². The highest BCUT2D eigenvalue weighted by Crippen LogP contribution is 2.35. The maximum Gasteiger partial charge on any atom is 0.338 e. The van der Waals surface area contributed by atoms with Gasteiger partial charge < -0.3 is 14.8 Å². The number of fused-ring (bicyclic) bond motifs is 2. The molecule has 0 radical (unpaired) electrons. The van der Waals surface area contributed by atoms with Gasteiger partial charge in [-0.1, -0.05) is 48.4 Å². The molecule has 0 aliphatic carbocycles. The first-order valence-corrected chi connectivity index (χ1v) is 13.1. The second-order valence-corrected chi connectivity index (χ2v) is 9.94. The SMILES string of the molecule is CCCC1=C(C(=O)OCC)[C@@H](c2cccc(OC)c2)n2c(s/c(=C3\C(=O)Nc4ccc(Cl)cc43)c2=O)=N1. The molecule has 1 amide bonds. The van der Waals surface area contributed by atoms with E-state index in [2.05, 4.69) is 5.32 Å². The highest BCUT2D eigenvalue weighted by atomic mass is 35.5. The third kappa shape index (κ3) is 4.28. The van der Waals surface area contributed by atoms with E-state index in [1.165, 1.54) is 4.57 Å². The van der Waals surface area contributed by atoms with Crippen LogP contribution in [0.5, 0.6) is 5.75 Å². The number of halogens is 1. The number of amides is 1. The Kier molecular flexibility index (Phi) is 6.74. The summed E-state index contributed by atoms with van der Waals surface area (Å²) in [6, 6.07) is 11.5. The molecule has 5 rings (SSSR count). The quantitative estimate of drug-likeness (QED) is 0.485. The van der Waals surface area contributed by atoms with Crippen molar-refractivity contribution in [2.24, 2.45) is 4.99 Å². The second-order valence-electron chi connectivity index (χ2n) is 8.53. The van der Waals surface area contributed by atoms with E-state index in [0.717, 1.165) is 17.8 Å². The van der Waals surface area contributed by atoms with E-state index in [0.29, 0.717) is 50.1 Å². The summed E-state index contributed by atoms with van der Waals surface area (Å²) in [5.41, 5.74) is 2.49. The fourth-order valence-electron chi connectivity index (χ4n) is 4.66. The van der Waals surface area contributed by atoms with Crippen LogP contribution in [0, 0.1) is 0 Å².